The van der Waals surface area contributed by atoms with Crippen molar-refractivity contribution in [2.75, 3.05) is 11.9 Å². The molecule has 0 bridgehead atoms. The lowest BCUT2D eigenvalue weighted by atomic mass is 9.85. The van der Waals surface area contributed by atoms with E-state index in [4.69, 9.17) is 16.3 Å². The van der Waals surface area contributed by atoms with Gasteiger partial charge in [-0.1, -0.05) is 0 Å². The molecule has 3 nitrogen and oxygen atoms in total. The lowest BCUT2D eigenvalue weighted by molar-refractivity contribution is 0.242. The molecule has 0 radical (unpaired) electrons. The van der Waals surface area contributed by atoms with Gasteiger partial charge in [0.05, 0.1) is 6.10 Å². The maximum atomic E-state index is 5.96. The van der Waals surface area contributed by atoms with Crippen molar-refractivity contribution in [1.82, 2.24) is 4.98 Å². The summed E-state index contributed by atoms with van der Waals surface area (Å²) in [6.07, 6.45) is 4.14. The van der Waals surface area contributed by atoms with E-state index in [0.717, 1.165) is 31.0 Å². The molecule has 4 heteroatoms. The Balaban J connectivity index is 1.90. The largest absolute Gasteiger partial charge is 0.487 e. The number of aromatic nitrogens is 1. The molecule has 17 heavy (non-hydrogen) atoms. The number of pyridine rings is 1. The van der Waals surface area contributed by atoms with Crippen LogP contribution in [0.2, 0.25) is 0 Å². The second-order valence-corrected chi connectivity index (χ2v) is 5.45. The number of halogens is 1. The standard InChI is InChI=1S/C13H19ClN2O/c1-9(2)17-12-4-3-5-15-13(12)16-8-10-6-11(14)7-10/h3-5,9-11H,6-8H2,1-2H3,(H,15,16). The monoisotopic (exact) mass is 254 g/mol. The minimum atomic E-state index is 0.163. The smallest absolute Gasteiger partial charge is 0.168 e. The van der Waals surface area contributed by atoms with Crippen LogP contribution in [0.25, 0.3) is 0 Å². The Morgan fingerprint density at radius 1 is 1.53 bits per heavy atom. The lowest BCUT2D eigenvalue weighted by Gasteiger charge is -2.31. The molecular weight excluding hydrogens is 236 g/mol. The summed E-state index contributed by atoms with van der Waals surface area (Å²) >= 11 is 5.96. The number of hydrogen-bond acceptors (Lipinski definition) is 3. The maximum absolute atomic E-state index is 5.96. The van der Waals surface area contributed by atoms with Crippen LogP contribution < -0.4 is 10.1 Å². The molecule has 0 unspecified atom stereocenters. The van der Waals surface area contributed by atoms with E-state index in [1.807, 2.05) is 26.0 Å². The molecule has 1 aromatic rings. The quantitative estimate of drug-likeness (QED) is 0.819. The van der Waals surface area contributed by atoms with Crippen LogP contribution in [0.1, 0.15) is 26.7 Å². The molecule has 0 aliphatic heterocycles. The fourth-order valence-electron chi connectivity index (χ4n) is 1.93. The van der Waals surface area contributed by atoms with Gasteiger partial charge in [-0.25, -0.2) is 4.98 Å². The number of hydrogen-bond donors (Lipinski definition) is 1. The predicted octanol–water partition coefficient (Wildman–Crippen LogP) is 3.30. The average Bonchev–Trinajstić information content (AvgIpc) is 2.24. The molecule has 1 fully saturated rings. The molecule has 1 N–H and O–H groups in total. The molecule has 0 aromatic carbocycles. The highest BCUT2D eigenvalue weighted by atomic mass is 35.5. The Hall–Kier alpha value is -0.960. The molecule has 94 valence electrons. The van der Waals surface area contributed by atoms with Crippen molar-refractivity contribution in [3.63, 3.8) is 0 Å². The Kier molecular flexibility index (Phi) is 4.11. The molecule has 0 amide bonds. The maximum Gasteiger partial charge on any atom is 0.168 e. The molecule has 2 rings (SSSR count). The first kappa shape index (κ1) is 12.5. The average molecular weight is 255 g/mol. The number of nitrogens with zero attached hydrogens (tertiary/aromatic N) is 1. The van der Waals surface area contributed by atoms with Gasteiger partial charge in [-0.3, -0.25) is 0 Å². The number of alkyl halides is 1. The van der Waals surface area contributed by atoms with Crippen LogP contribution in [0.4, 0.5) is 5.82 Å². The normalized spacial score (nSPS) is 23.3. The minimum Gasteiger partial charge on any atom is -0.487 e. The van der Waals surface area contributed by atoms with Crippen molar-refractivity contribution in [1.29, 1.82) is 0 Å². The van der Waals surface area contributed by atoms with Gasteiger partial charge in [0.15, 0.2) is 11.6 Å². The van der Waals surface area contributed by atoms with Crippen molar-refractivity contribution in [2.45, 2.75) is 38.2 Å². The highest BCUT2D eigenvalue weighted by Gasteiger charge is 2.27. The fourth-order valence-corrected chi connectivity index (χ4v) is 2.44. The van der Waals surface area contributed by atoms with Crippen molar-refractivity contribution in [3.05, 3.63) is 18.3 Å². The summed E-state index contributed by atoms with van der Waals surface area (Å²) in [4.78, 5) is 4.31. The first-order valence-corrected chi connectivity index (χ1v) is 6.58. The minimum absolute atomic E-state index is 0.163. The first-order valence-electron chi connectivity index (χ1n) is 6.14. The van der Waals surface area contributed by atoms with Gasteiger partial charge in [-0.15, -0.1) is 11.6 Å². The van der Waals surface area contributed by atoms with E-state index >= 15 is 0 Å². The zero-order valence-corrected chi connectivity index (χ0v) is 11.1. The van der Waals surface area contributed by atoms with Crippen LogP contribution in [0.3, 0.4) is 0 Å². The summed E-state index contributed by atoms with van der Waals surface area (Å²) in [6, 6.07) is 3.83. The van der Waals surface area contributed by atoms with Crippen molar-refractivity contribution >= 4 is 17.4 Å². The summed E-state index contributed by atoms with van der Waals surface area (Å²) in [5.74, 6) is 2.33. The fraction of sp³-hybridized carbons (Fsp3) is 0.615. The summed E-state index contributed by atoms with van der Waals surface area (Å²) in [6.45, 7) is 4.95. The van der Waals surface area contributed by atoms with Gasteiger partial charge in [-0.05, 0) is 44.7 Å². The Bertz CT molecular complexity index is 364. The summed E-state index contributed by atoms with van der Waals surface area (Å²) in [5, 5.41) is 3.72. The Morgan fingerprint density at radius 3 is 2.94 bits per heavy atom. The molecule has 1 heterocycles. The molecule has 1 aliphatic rings. The van der Waals surface area contributed by atoms with Crippen LogP contribution in [-0.2, 0) is 0 Å². The lowest BCUT2D eigenvalue weighted by Crippen LogP contribution is -2.30. The third-order valence-corrected chi connectivity index (χ3v) is 3.23. The van der Waals surface area contributed by atoms with Gasteiger partial charge in [0.25, 0.3) is 0 Å². The van der Waals surface area contributed by atoms with Gasteiger partial charge in [0.2, 0.25) is 0 Å². The van der Waals surface area contributed by atoms with Gasteiger partial charge in [0.1, 0.15) is 0 Å². The van der Waals surface area contributed by atoms with Gasteiger partial charge >= 0.3 is 0 Å². The van der Waals surface area contributed by atoms with E-state index in [-0.39, 0.29) is 6.10 Å². The van der Waals surface area contributed by atoms with Crippen molar-refractivity contribution < 1.29 is 4.74 Å². The van der Waals surface area contributed by atoms with E-state index in [1.54, 1.807) is 6.20 Å². The molecule has 0 saturated heterocycles. The van der Waals surface area contributed by atoms with E-state index in [1.165, 1.54) is 0 Å². The molecular formula is C13H19ClN2O. The number of anilines is 1. The number of rotatable bonds is 5. The van der Waals surface area contributed by atoms with E-state index in [2.05, 4.69) is 10.3 Å². The van der Waals surface area contributed by atoms with Gasteiger partial charge in [0, 0.05) is 18.1 Å². The van der Waals surface area contributed by atoms with Crippen molar-refractivity contribution in [3.8, 4) is 5.75 Å². The molecule has 1 saturated carbocycles. The number of ether oxygens (including phenoxy) is 1. The van der Waals surface area contributed by atoms with Crippen molar-refractivity contribution in [2.24, 2.45) is 5.92 Å². The second kappa shape index (κ2) is 5.58. The van der Waals surface area contributed by atoms with Crippen LogP contribution in [0.5, 0.6) is 5.75 Å². The first-order chi connectivity index (χ1) is 8.15. The van der Waals surface area contributed by atoms with Gasteiger partial charge < -0.3 is 10.1 Å². The Morgan fingerprint density at radius 2 is 2.29 bits per heavy atom. The zero-order valence-electron chi connectivity index (χ0n) is 10.3. The summed E-state index contributed by atoms with van der Waals surface area (Å²) in [5.41, 5.74) is 0. The van der Waals surface area contributed by atoms with Crippen LogP contribution >= 0.6 is 11.6 Å². The third kappa shape index (κ3) is 3.50. The molecule has 1 aliphatic carbocycles. The molecule has 1 aromatic heterocycles. The highest BCUT2D eigenvalue weighted by Crippen LogP contribution is 2.32. The molecule has 0 atom stereocenters. The predicted molar refractivity (Wildman–Crippen MR) is 70.9 cm³/mol. The Labute approximate surface area is 108 Å². The van der Waals surface area contributed by atoms with Gasteiger partial charge in [-0.2, -0.15) is 0 Å². The zero-order chi connectivity index (χ0) is 12.3. The SMILES string of the molecule is CC(C)Oc1cccnc1NCC1CC(Cl)C1. The summed E-state index contributed by atoms with van der Waals surface area (Å²) < 4.78 is 5.70. The third-order valence-electron chi connectivity index (χ3n) is 2.87. The molecule has 0 spiro atoms. The second-order valence-electron chi connectivity index (χ2n) is 4.83. The summed E-state index contributed by atoms with van der Waals surface area (Å²) in [7, 11) is 0. The van der Waals surface area contributed by atoms with E-state index < -0.39 is 0 Å². The van der Waals surface area contributed by atoms with E-state index in [9.17, 15) is 0 Å². The van der Waals surface area contributed by atoms with Crippen LogP contribution in [0.15, 0.2) is 18.3 Å². The topological polar surface area (TPSA) is 34.1 Å². The van der Waals surface area contributed by atoms with Crippen LogP contribution in [-0.4, -0.2) is 23.0 Å². The number of nitrogens with one attached hydrogen (secondary N) is 1. The van der Waals surface area contributed by atoms with E-state index in [0.29, 0.717) is 11.3 Å². The highest BCUT2D eigenvalue weighted by molar-refractivity contribution is 6.21. The van der Waals surface area contributed by atoms with Crippen LogP contribution in [0, 0.1) is 5.92 Å².